The van der Waals surface area contributed by atoms with E-state index in [1.807, 2.05) is 5.38 Å². The quantitative estimate of drug-likeness (QED) is 0.593. The average Bonchev–Trinajstić information content (AvgIpc) is 3.14. The first-order chi connectivity index (χ1) is 13.7. The monoisotopic (exact) mass is 399 g/mol. The Morgan fingerprint density at radius 3 is 2.79 bits per heavy atom. The standard InChI is InChI=1S/C20H22FN5OS/c21-14-3-1-13(2-4-14)16-11-28-20-18(16)19(24-12-25-20)23-10-7-17(27)26-15-5-8-22-9-6-15/h1-4,11-12,15,22H,5-10H2,(H,26,27)(H,23,24,25). The van der Waals surface area contributed by atoms with Gasteiger partial charge in [-0.15, -0.1) is 11.3 Å². The molecule has 3 aromatic rings. The van der Waals surface area contributed by atoms with E-state index in [4.69, 9.17) is 0 Å². The molecular weight excluding hydrogens is 377 g/mol. The molecule has 4 rings (SSSR count). The second-order valence-electron chi connectivity index (χ2n) is 6.83. The zero-order valence-corrected chi connectivity index (χ0v) is 16.2. The number of halogens is 1. The van der Waals surface area contributed by atoms with Crippen LogP contribution in [0.25, 0.3) is 21.3 Å². The van der Waals surface area contributed by atoms with Crippen molar-refractivity contribution in [3.63, 3.8) is 0 Å². The number of rotatable bonds is 6. The molecule has 0 aliphatic carbocycles. The fourth-order valence-electron chi connectivity index (χ4n) is 3.41. The zero-order chi connectivity index (χ0) is 19.3. The van der Waals surface area contributed by atoms with Crippen LogP contribution in [-0.2, 0) is 4.79 Å². The third-order valence-corrected chi connectivity index (χ3v) is 5.76. The van der Waals surface area contributed by atoms with Crippen LogP contribution in [0.15, 0.2) is 36.0 Å². The number of hydrogen-bond acceptors (Lipinski definition) is 6. The minimum atomic E-state index is -0.266. The Balaban J connectivity index is 1.44. The van der Waals surface area contributed by atoms with Gasteiger partial charge >= 0.3 is 0 Å². The third-order valence-electron chi connectivity index (χ3n) is 4.87. The highest BCUT2D eigenvalue weighted by molar-refractivity contribution is 7.17. The molecule has 0 bridgehead atoms. The molecular formula is C20H22FN5OS. The van der Waals surface area contributed by atoms with E-state index in [1.165, 1.54) is 29.8 Å². The van der Waals surface area contributed by atoms with E-state index >= 15 is 0 Å². The van der Waals surface area contributed by atoms with Gasteiger partial charge in [-0.05, 0) is 43.6 Å². The van der Waals surface area contributed by atoms with Crippen LogP contribution in [0.2, 0.25) is 0 Å². The summed E-state index contributed by atoms with van der Waals surface area (Å²) in [5, 5.41) is 12.6. The molecule has 3 heterocycles. The van der Waals surface area contributed by atoms with E-state index in [1.54, 1.807) is 12.1 Å². The normalized spacial score (nSPS) is 14.9. The summed E-state index contributed by atoms with van der Waals surface area (Å²) in [7, 11) is 0. The van der Waals surface area contributed by atoms with Crippen molar-refractivity contribution in [1.29, 1.82) is 0 Å². The maximum atomic E-state index is 13.3. The number of nitrogens with zero attached hydrogens (tertiary/aromatic N) is 2. The number of piperidine rings is 1. The maximum absolute atomic E-state index is 13.3. The van der Waals surface area contributed by atoms with Crippen molar-refractivity contribution in [1.82, 2.24) is 20.6 Å². The fraction of sp³-hybridized carbons (Fsp3) is 0.350. The SMILES string of the molecule is O=C(CCNc1ncnc2scc(-c3ccc(F)cc3)c12)NC1CCNCC1. The zero-order valence-electron chi connectivity index (χ0n) is 15.4. The molecule has 0 atom stereocenters. The van der Waals surface area contributed by atoms with Gasteiger partial charge < -0.3 is 16.0 Å². The number of fused-ring (bicyclic) bond motifs is 1. The molecule has 6 nitrogen and oxygen atoms in total. The van der Waals surface area contributed by atoms with Gasteiger partial charge in [0.1, 0.15) is 22.8 Å². The summed E-state index contributed by atoms with van der Waals surface area (Å²) in [5.41, 5.74) is 1.87. The predicted octanol–water partition coefficient (Wildman–Crippen LogP) is 3.17. The first-order valence-electron chi connectivity index (χ1n) is 9.43. The Bertz CT molecular complexity index is 953. The number of amides is 1. The molecule has 1 amide bonds. The Hall–Kier alpha value is -2.58. The van der Waals surface area contributed by atoms with Crippen molar-refractivity contribution in [2.75, 3.05) is 25.0 Å². The van der Waals surface area contributed by atoms with Crippen LogP contribution in [0.3, 0.4) is 0 Å². The van der Waals surface area contributed by atoms with E-state index in [-0.39, 0.29) is 17.8 Å². The Morgan fingerprint density at radius 2 is 2.00 bits per heavy atom. The highest BCUT2D eigenvalue weighted by Crippen LogP contribution is 2.36. The highest BCUT2D eigenvalue weighted by atomic mass is 32.1. The van der Waals surface area contributed by atoms with Crippen molar-refractivity contribution in [2.24, 2.45) is 0 Å². The van der Waals surface area contributed by atoms with Crippen LogP contribution in [0, 0.1) is 5.82 Å². The molecule has 8 heteroatoms. The average molecular weight is 399 g/mol. The van der Waals surface area contributed by atoms with Crippen LogP contribution < -0.4 is 16.0 Å². The lowest BCUT2D eigenvalue weighted by molar-refractivity contribution is -0.121. The lowest BCUT2D eigenvalue weighted by atomic mass is 10.1. The topological polar surface area (TPSA) is 78.9 Å². The van der Waals surface area contributed by atoms with Crippen LogP contribution in [0.1, 0.15) is 19.3 Å². The number of carbonyl (C=O) groups excluding carboxylic acids is 1. The first kappa shape index (κ1) is 18.8. The molecule has 0 spiro atoms. The van der Waals surface area contributed by atoms with Crippen LogP contribution in [0.5, 0.6) is 0 Å². The Kier molecular flexibility index (Phi) is 5.78. The van der Waals surface area contributed by atoms with Crippen molar-refractivity contribution in [3.8, 4) is 11.1 Å². The Morgan fingerprint density at radius 1 is 1.21 bits per heavy atom. The third kappa shape index (κ3) is 4.28. The van der Waals surface area contributed by atoms with E-state index in [0.29, 0.717) is 18.8 Å². The van der Waals surface area contributed by atoms with E-state index in [9.17, 15) is 9.18 Å². The fourth-order valence-corrected chi connectivity index (χ4v) is 4.33. The molecule has 1 aliphatic heterocycles. The smallest absolute Gasteiger partial charge is 0.221 e. The summed E-state index contributed by atoms with van der Waals surface area (Å²) >= 11 is 1.52. The molecule has 2 aromatic heterocycles. The van der Waals surface area contributed by atoms with Crippen LogP contribution in [-0.4, -0.2) is 41.6 Å². The van der Waals surface area contributed by atoms with Crippen molar-refractivity contribution in [3.05, 3.63) is 41.8 Å². The lowest BCUT2D eigenvalue weighted by Crippen LogP contribution is -2.43. The summed E-state index contributed by atoms with van der Waals surface area (Å²) in [6.45, 7) is 2.39. The minimum Gasteiger partial charge on any atom is -0.369 e. The second kappa shape index (κ2) is 8.62. The molecule has 3 N–H and O–H groups in total. The molecule has 0 radical (unpaired) electrons. The van der Waals surface area contributed by atoms with Crippen molar-refractivity contribution in [2.45, 2.75) is 25.3 Å². The Labute approximate surface area is 166 Å². The minimum absolute atomic E-state index is 0.0498. The molecule has 0 unspecified atom stereocenters. The van der Waals surface area contributed by atoms with Gasteiger partial charge in [0, 0.05) is 30.0 Å². The number of nitrogens with one attached hydrogen (secondary N) is 3. The summed E-state index contributed by atoms with van der Waals surface area (Å²) in [6.07, 6.45) is 3.85. The molecule has 1 aliphatic rings. The van der Waals surface area contributed by atoms with E-state index in [2.05, 4.69) is 25.9 Å². The van der Waals surface area contributed by atoms with Gasteiger partial charge in [-0.25, -0.2) is 14.4 Å². The van der Waals surface area contributed by atoms with Gasteiger partial charge in [0.2, 0.25) is 5.91 Å². The van der Waals surface area contributed by atoms with Gasteiger partial charge in [0.15, 0.2) is 0 Å². The van der Waals surface area contributed by atoms with Gasteiger partial charge in [0.25, 0.3) is 0 Å². The molecule has 28 heavy (non-hydrogen) atoms. The number of thiophene rings is 1. The highest BCUT2D eigenvalue weighted by Gasteiger charge is 2.16. The van der Waals surface area contributed by atoms with Gasteiger partial charge in [-0.3, -0.25) is 4.79 Å². The van der Waals surface area contributed by atoms with Crippen LogP contribution >= 0.6 is 11.3 Å². The summed E-state index contributed by atoms with van der Waals surface area (Å²) < 4.78 is 13.3. The number of benzene rings is 1. The molecule has 146 valence electrons. The summed E-state index contributed by atoms with van der Waals surface area (Å²) in [4.78, 5) is 21.8. The summed E-state index contributed by atoms with van der Waals surface area (Å²) in [6, 6.07) is 6.66. The molecule has 1 aromatic carbocycles. The number of aromatic nitrogens is 2. The molecule has 1 saturated heterocycles. The first-order valence-corrected chi connectivity index (χ1v) is 10.3. The number of anilines is 1. The second-order valence-corrected chi connectivity index (χ2v) is 7.69. The van der Waals surface area contributed by atoms with Gasteiger partial charge in [-0.2, -0.15) is 0 Å². The van der Waals surface area contributed by atoms with Crippen LogP contribution in [0.4, 0.5) is 10.2 Å². The maximum Gasteiger partial charge on any atom is 0.221 e. The van der Waals surface area contributed by atoms with Crippen molar-refractivity contribution < 1.29 is 9.18 Å². The van der Waals surface area contributed by atoms with Crippen molar-refractivity contribution >= 4 is 33.3 Å². The number of hydrogen-bond donors (Lipinski definition) is 3. The van der Waals surface area contributed by atoms with Gasteiger partial charge in [-0.1, -0.05) is 12.1 Å². The summed E-state index contributed by atoms with van der Waals surface area (Å²) in [5.74, 6) is 0.478. The predicted molar refractivity (Wildman–Crippen MR) is 110 cm³/mol. The van der Waals surface area contributed by atoms with Gasteiger partial charge in [0.05, 0.1) is 5.39 Å². The lowest BCUT2D eigenvalue weighted by Gasteiger charge is -2.23. The molecule has 1 fully saturated rings. The van der Waals surface area contributed by atoms with E-state index in [0.717, 1.165) is 47.3 Å². The molecule has 0 saturated carbocycles. The number of carbonyl (C=O) groups is 1. The largest absolute Gasteiger partial charge is 0.369 e. The van der Waals surface area contributed by atoms with E-state index < -0.39 is 0 Å².